The third-order valence-electron chi connectivity index (χ3n) is 1.26. The van der Waals surface area contributed by atoms with Gasteiger partial charge in [-0.2, -0.15) is 4.39 Å². The van der Waals surface area contributed by atoms with Crippen molar-refractivity contribution in [2.45, 2.75) is 0 Å². The predicted octanol–water partition coefficient (Wildman–Crippen LogP) is 2.62. The molecule has 0 saturated heterocycles. The van der Waals surface area contributed by atoms with Crippen molar-refractivity contribution in [3.8, 4) is 0 Å². The summed E-state index contributed by atoms with van der Waals surface area (Å²) >= 11 is 0. The van der Waals surface area contributed by atoms with Gasteiger partial charge in [0.25, 0.3) is 0 Å². The van der Waals surface area contributed by atoms with Gasteiger partial charge >= 0.3 is 6.98 Å². The molecule has 0 saturated carbocycles. The van der Waals surface area contributed by atoms with Crippen LogP contribution in [0.4, 0.5) is 17.3 Å². The van der Waals surface area contributed by atoms with Gasteiger partial charge in [0.1, 0.15) is 0 Å². The number of hydrogen-bond acceptors (Lipinski definition) is 1. The number of nitrogens with zero attached hydrogens (tertiary/aromatic N) is 1. The molecule has 0 N–H and O–H groups in total. The van der Waals surface area contributed by atoms with Crippen LogP contribution in [0.5, 0.6) is 0 Å². The second-order valence-corrected chi connectivity index (χ2v) is 2.40. The highest BCUT2D eigenvalue weighted by atomic mass is 19.4. The second-order valence-electron chi connectivity index (χ2n) is 2.40. The van der Waals surface area contributed by atoms with Gasteiger partial charge in [0, 0.05) is 6.20 Å². The molecule has 0 spiro atoms. The normalized spacial score (nSPS) is 12.3. The van der Waals surface area contributed by atoms with Crippen LogP contribution in [0.2, 0.25) is 0 Å². The van der Waals surface area contributed by atoms with E-state index in [-0.39, 0.29) is 11.5 Å². The molecule has 0 aromatic carbocycles. The number of aromatic nitrogens is 1. The highest BCUT2D eigenvalue weighted by Crippen LogP contribution is 2.12. The van der Waals surface area contributed by atoms with E-state index >= 15 is 0 Å². The van der Waals surface area contributed by atoms with E-state index in [0.717, 1.165) is 18.3 Å². The fraction of sp³-hybridized carbons (Fsp3) is 0. The van der Waals surface area contributed by atoms with E-state index in [1.165, 1.54) is 6.07 Å². The molecular formula is C7H5BF4N-. The summed E-state index contributed by atoms with van der Waals surface area (Å²) in [4.78, 5) is 3.20. The van der Waals surface area contributed by atoms with Gasteiger partial charge in [-0.15, -0.1) is 5.98 Å². The molecule has 0 amide bonds. The zero-order valence-electron chi connectivity index (χ0n) is 6.42. The third kappa shape index (κ3) is 3.73. The van der Waals surface area contributed by atoms with Crippen molar-refractivity contribution >= 4 is 13.1 Å². The molecule has 70 valence electrons. The van der Waals surface area contributed by atoms with Crippen LogP contribution < -0.4 is 0 Å². The van der Waals surface area contributed by atoms with Crippen molar-refractivity contribution in [3.63, 3.8) is 0 Å². The summed E-state index contributed by atoms with van der Waals surface area (Å²) in [5, 5.41) is 0. The van der Waals surface area contributed by atoms with Crippen LogP contribution in [-0.4, -0.2) is 12.0 Å². The van der Waals surface area contributed by atoms with Gasteiger partial charge in [-0.1, -0.05) is 6.08 Å². The van der Waals surface area contributed by atoms with E-state index in [1.54, 1.807) is 0 Å². The molecule has 1 nitrogen and oxygen atoms in total. The monoisotopic (exact) mass is 190 g/mol. The van der Waals surface area contributed by atoms with Crippen molar-refractivity contribution in [3.05, 3.63) is 35.8 Å². The number of rotatable bonds is 2. The average Bonchev–Trinajstić information content (AvgIpc) is 2.02. The summed E-state index contributed by atoms with van der Waals surface area (Å²) in [6.07, 6.45) is 1.89. The lowest BCUT2D eigenvalue weighted by Crippen LogP contribution is -2.09. The van der Waals surface area contributed by atoms with E-state index in [4.69, 9.17) is 0 Å². The summed E-state index contributed by atoms with van der Waals surface area (Å²) in [5.74, 6) is -0.579. The van der Waals surface area contributed by atoms with Crippen LogP contribution >= 0.6 is 0 Å². The molecule has 1 rings (SSSR count). The van der Waals surface area contributed by atoms with Crippen LogP contribution in [0, 0.1) is 5.95 Å². The Bertz CT molecular complexity index is 303. The van der Waals surface area contributed by atoms with Crippen LogP contribution in [0.1, 0.15) is 5.56 Å². The third-order valence-corrected chi connectivity index (χ3v) is 1.26. The Morgan fingerprint density at radius 1 is 1.23 bits per heavy atom. The largest absolute Gasteiger partial charge is 0.502 e. The van der Waals surface area contributed by atoms with E-state index in [0.29, 0.717) is 0 Å². The molecule has 0 radical (unpaired) electrons. The zero-order chi connectivity index (χ0) is 9.90. The molecule has 6 heteroatoms. The molecule has 1 aromatic rings. The van der Waals surface area contributed by atoms with Gasteiger partial charge in [-0.25, -0.2) is 4.98 Å². The first-order valence-electron chi connectivity index (χ1n) is 3.48. The van der Waals surface area contributed by atoms with Crippen LogP contribution in [0.15, 0.2) is 24.3 Å². The topological polar surface area (TPSA) is 12.9 Å². The predicted molar refractivity (Wildman–Crippen MR) is 42.3 cm³/mol. The molecule has 0 unspecified atom stereocenters. The molecule has 0 bridgehead atoms. The zero-order valence-corrected chi connectivity index (χ0v) is 6.42. The minimum atomic E-state index is -4.94. The van der Waals surface area contributed by atoms with Crippen molar-refractivity contribution in [1.82, 2.24) is 4.98 Å². The Morgan fingerprint density at radius 3 is 2.38 bits per heavy atom. The number of pyridine rings is 1. The molecule has 0 fully saturated rings. The number of hydrogen-bond donors (Lipinski definition) is 0. The van der Waals surface area contributed by atoms with Crippen molar-refractivity contribution in [1.29, 1.82) is 0 Å². The highest BCUT2D eigenvalue weighted by Gasteiger charge is 2.16. The standard InChI is InChI=1S/C7H5BF4N/c9-7-2-1-6(5-13-7)3-4-8(10,11)12/h1-5H/q-1/b4-3+. The lowest BCUT2D eigenvalue weighted by atomic mass is 9.91. The SMILES string of the molecule is Fc1ccc(/C=C/[B-](F)(F)F)cn1. The average molecular weight is 190 g/mol. The quantitative estimate of drug-likeness (QED) is 0.396. The summed E-state index contributed by atoms with van der Waals surface area (Å²) < 4.78 is 47.3. The fourth-order valence-electron chi connectivity index (χ4n) is 0.706. The van der Waals surface area contributed by atoms with E-state index in [9.17, 15) is 17.3 Å². The van der Waals surface area contributed by atoms with E-state index in [2.05, 4.69) is 4.98 Å². The first-order chi connectivity index (χ1) is 5.97. The van der Waals surface area contributed by atoms with Gasteiger partial charge in [0.2, 0.25) is 5.95 Å². The maximum atomic E-state index is 12.2. The Labute approximate surface area is 72.2 Å². The van der Waals surface area contributed by atoms with Crippen molar-refractivity contribution < 1.29 is 17.3 Å². The first kappa shape index (κ1) is 9.76. The summed E-state index contributed by atoms with van der Waals surface area (Å²) in [6, 6.07) is 2.23. The minimum absolute atomic E-state index is 0.134. The maximum absolute atomic E-state index is 12.2. The van der Waals surface area contributed by atoms with Gasteiger partial charge in [0.05, 0.1) is 0 Å². The first-order valence-corrected chi connectivity index (χ1v) is 3.48. The lowest BCUT2D eigenvalue weighted by molar-refractivity contribution is 0.499. The van der Waals surface area contributed by atoms with Gasteiger partial charge in [-0.3, -0.25) is 0 Å². The summed E-state index contributed by atoms with van der Waals surface area (Å²) in [7, 11) is 0. The number of halogens is 4. The van der Waals surface area contributed by atoms with Gasteiger partial charge in [-0.05, 0) is 17.7 Å². The van der Waals surface area contributed by atoms with Gasteiger partial charge < -0.3 is 12.9 Å². The van der Waals surface area contributed by atoms with Gasteiger partial charge in [0.15, 0.2) is 0 Å². The Balaban J connectivity index is 2.75. The molecule has 0 aliphatic heterocycles. The maximum Gasteiger partial charge on any atom is 0.502 e. The van der Waals surface area contributed by atoms with E-state index in [1.807, 2.05) is 0 Å². The van der Waals surface area contributed by atoms with Crippen LogP contribution in [-0.2, 0) is 0 Å². The molecule has 0 aliphatic carbocycles. The Hall–Kier alpha value is -1.33. The van der Waals surface area contributed by atoms with Crippen LogP contribution in [0.3, 0.4) is 0 Å². The van der Waals surface area contributed by atoms with Crippen molar-refractivity contribution in [2.24, 2.45) is 0 Å². The molecular weight excluding hydrogens is 185 g/mol. The van der Waals surface area contributed by atoms with Crippen molar-refractivity contribution in [2.75, 3.05) is 0 Å². The Kier molecular flexibility index (Phi) is 2.70. The molecule has 0 aliphatic rings. The van der Waals surface area contributed by atoms with Crippen LogP contribution in [0.25, 0.3) is 6.08 Å². The molecule has 13 heavy (non-hydrogen) atoms. The van der Waals surface area contributed by atoms with E-state index < -0.39 is 12.9 Å². The lowest BCUT2D eigenvalue weighted by Gasteiger charge is -2.05. The Morgan fingerprint density at radius 2 is 1.92 bits per heavy atom. The molecule has 1 aromatic heterocycles. The summed E-state index contributed by atoms with van der Waals surface area (Å²) in [6.45, 7) is -4.94. The molecule has 0 atom stereocenters. The summed E-state index contributed by atoms with van der Waals surface area (Å²) in [5.41, 5.74) is 0.223. The minimum Gasteiger partial charge on any atom is -0.445 e. The smallest absolute Gasteiger partial charge is 0.445 e. The molecule has 1 heterocycles. The fourth-order valence-corrected chi connectivity index (χ4v) is 0.706. The highest BCUT2D eigenvalue weighted by molar-refractivity contribution is 6.64. The second kappa shape index (κ2) is 3.59.